The van der Waals surface area contributed by atoms with Gasteiger partial charge in [-0.1, -0.05) is 11.6 Å². The molecule has 0 saturated heterocycles. The highest BCUT2D eigenvalue weighted by molar-refractivity contribution is 6.32. The van der Waals surface area contributed by atoms with E-state index < -0.39 is 0 Å². The van der Waals surface area contributed by atoms with E-state index in [0.717, 1.165) is 30.2 Å². The topological polar surface area (TPSA) is 66.7 Å². The quantitative estimate of drug-likeness (QED) is 0.618. The van der Waals surface area contributed by atoms with Crippen molar-refractivity contribution >= 4 is 11.6 Å². The third-order valence-corrected chi connectivity index (χ3v) is 3.46. The molecule has 0 aliphatic heterocycles. The van der Waals surface area contributed by atoms with Gasteiger partial charge in [0.2, 0.25) is 0 Å². The van der Waals surface area contributed by atoms with Crippen LogP contribution in [0.4, 0.5) is 0 Å². The monoisotopic (exact) mass is 324 g/mol. The number of halogens is 1. The number of aliphatic hydroxyl groups is 1. The highest BCUT2D eigenvalue weighted by Gasteiger charge is 2.08. The number of benzene rings is 1. The summed E-state index contributed by atoms with van der Waals surface area (Å²) in [6.07, 6.45) is 0. The van der Waals surface area contributed by atoms with Crippen LogP contribution in [-0.2, 0) is 6.54 Å². The van der Waals surface area contributed by atoms with Crippen molar-refractivity contribution in [3.63, 3.8) is 0 Å². The summed E-state index contributed by atoms with van der Waals surface area (Å²) in [7, 11) is 1.59. The summed E-state index contributed by atoms with van der Waals surface area (Å²) >= 11 is 6.13. The maximum Gasteiger partial charge on any atom is 0.137 e. The number of ether oxygens (including phenoxy) is 1. The summed E-state index contributed by atoms with van der Waals surface area (Å²) in [5, 5.41) is 15.6. The summed E-state index contributed by atoms with van der Waals surface area (Å²) in [6, 6.07) is 9.44. The van der Waals surface area contributed by atoms with Crippen LogP contribution in [-0.4, -0.2) is 38.5 Å². The molecule has 0 spiro atoms. The second-order valence-electron chi connectivity index (χ2n) is 4.77. The summed E-state index contributed by atoms with van der Waals surface area (Å²) in [6.45, 7) is 3.05. The minimum absolute atomic E-state index is 0.159. The van der Waals surface area contributed by atoms with Gasteiger partial charge < -0.3 is 24.9 Å². The van der Waals surface area contributed by atoms with Gasteiger partial charge in [0.05, 0.1) is 25.3 Å². The Morgan fingerprint density at radius 2 is 1.95 bits per heavy atom. The minimum atomic E-state index is 0.159. The SMILES string of the molecule is COc1ccc(-c2ccc(CNCCNCCO)o2)cc1Cl. The van der Waals surface area contributed by atoms with E-state index in [1.54, 1.807) is 7.11 Å². The van der Waals surface area contributed by atoms with Crippen LogP contribution >= 0.6 is 11.6 Å². The van der Waals surface area contributed by atoms with Gasteiger partial charge in [0.15, 0.2) is 0 Å². The third-order valence-electron chi connectivity index (χ3n) is 3.16. The second kappa shape index (κ2) is 8.80. The fourth-order valence-electron chi connectivity index (χ4n) is 2.04. The first-order valence-electron chi connectivity index (χ1n) is 7.19. The van der Waals surface area contributed by atoms with Gasteiger partial charge in [0, 0.05) is 25.2 Å². The lowest BCUT2D eigenvalue weighted by molar-refractivity contribution is 0.292. The molecule has 120 valence electrons. The van der Waals surface area contributed by atoms with E-state index in [1.807, 2.05) is 30.3 Å². The molecule has 22 heavy (non-hydrogen) atoms. The van der Waals surface area contributed by atoms with Gasteiger partial charge in [-0.05, 0) is 30.3 Å². The molecule has 1 heterocycles. The van der Waals surface area contributed by atoms with Crippen molar-refractivity contribution < 1.29 is 14.3 Å². The molecule has 0 amide bonds. The van der Waals surface area contributed by atoms with Crippen LogP contribution in [0.5, 0.6) is 5.75 Å². The van der Waals surface area contributed by atoms with Crippen molar-refractivity contribution in [2.24, 2.45) is 0 Å². The van der Waals surface area contributed by atoms with E-state index >= 15 is 0 Å². The number of hydrogen-bond donors (Lipinski definition) is 3. The molecule has 1 aromatic carbocycles. The second-order valence-corrected chi connectivity index (χ2v) is 5.17. The molecule has 2 rings (SSSR count). The number of aliphatic hydroxyl groups excluding tert-OH is 1. The zero-order valence-electron chi connectivity index (χ0n) is 12.6. The van der Waals surface area contributed by atoms with Gasteiger partial charge in [-0.3, -0.25) is 0 Å². The Hall–Kier alpha value is -1.53. The van der Waals surface area contributed by atoms with Crippen molar-refractivity contribution in [3.8, 4) is 17.1 Å². The van der Waals surface area contributed by atoms with E-state index in [4.69, 9.17) is 25.9 Å². The van der Waals surface area contributed by atoms with Crippen LogP contribution in [0.2, 0.25) is 5.02 Å². The molecule has 2 aromatic rings. The van der Waals surface area contributed by atoms with Crippen molar-refractivity contribution in [2.45, 2.75) is 6.54 Å². The highest BCUT2D eigenvalue weighted by Crippen LogP contribution is 2.30. The normalized spacial score (nSPS) is 10.9. The standard InChI is InChI=1S/C16H21ClN2O3/c1-21-16-4-2-12(10-14(16)17)15-5-3-13(22-15)11-19-7-6-18-8-9-20/h2-5,10,18-20H,6-9,11H2,1H3. The summed E-state index contributed by atoms with van der Waals surface area (Å²) < 4.78 is 10.9. The van der Waals surface area contributed by atoms with Crippen molar-refractivity contribution in [1.29, 1.82) is 0 Å². The van der Waals surface area contributed by atoms with Crippen molar-refractivity contribution in [2.75, 3.05) is 33.4 Å². The molecule has 6 heteroatoms. The van der Waals surface area contributed by atoms with Gasteiger partial charge in [-0.2, -0.15) is 0 Å². The van der Waals surface area contributed by atoms with E-state index in [-0.39, 0.29) is 6.61 Å². The van der Waals surface area contributed by atoms with Crippen LogP contribution in [0.25, 0.3) is 11.3 Å². The summed E-state index contributed by atoms with van der Waals surface area (Å²) in [5.74, 6) is 2.29. The van der Waals surface area contributed by atoms with Crippen LogP contribution < -0.4 is 15.4 Å². The van der Waals surface area contributed by atoms with Crippen molar-refractivity contribution in [3.05, 3.63) is 41.1 Å². The molecule has 0 radical (unpaired) electrons. The zero-order valence-corrected chi connectivity index (χ0v) is 13.3. The molecule has 0 fully saturated rings. The Labute approximate surface area is 135 Å². The molecular formula is C16H21ClN2O3. The van der Waals surface area contributed by atoms with Gasteiger partial charge in [0.1, 0.15) is 17.3 Å². The largest absolute Gasteiger partial charge is 0.495 e. The van der Waals surface area contributed by atoms with E-state index in [2.05, 4.69) is 10.6 Å². The molecule has 1 aromatic heterocycles. The zero-order chi connectivity index (χ0) is 15.8. The third kappa shape index (κ3) is 4.74. The molecule has 0 atom stereocenters. The number of furan rings is 1. The molecule has 0 aliphatic carbocycles. The number of hydrogen-bond acceptors (Lipinski definition) is 5. The minimum Gasteiger partial charge on any atom is -0.495 e. The Morgan fingerprint density at radius 3 is 2.68 bits per heavy atom. The maximum absolute atomic E-state index is 8.65. The fourth-order valence-corrected chi connectivity index (χ4v) is 2.30. The van der Waals surface area contributed by atoms with Crippen LogP contribution in [0.15, 0.2) is 34.7 Å². The Kier molecular flexibility index (Phi) is 6.74. The van der Waals surface area contributed by atoms with E-state index in [0.29, 0.717) is 23.9 Å². The lowest BCUT2D eigenvalue weighted by atomic mass is 10.2. The lowest BCUT2D eigenvalue weighted by Gasteiger charge is -2.05. The van der Waals surface area contributed by atoms with Crippen LogP contribution in [0.3, 0.4) is 0 Å². The smallest absolute Gasteiger partial charge is 0.137 e. The molecule has 0 aliphatic rings. The van der Waals surface area contributed by atoms with Gasteiger partial charge in [-0.25, -0.2) is 0 Å². The molecule has 0 saturated carbocycles. The number of rotatable bonds is 9. The maximum atomic E-state index is 8.65. The average molecular weight is 325 g/mol. The Balaban J connectivity index is 1.87. The van der Waals surface area contributed by atoms with Gasteiger partial charge in [0.25, 0.3) is 0 Å². The molecule has 0 bridgehead atoms. The van der Waals surface area contributed by atoms with Crippen molar-refractivity contribution in [1.82, 2.24) is 10.6 Å². The van der Waals surface area contributed by atoms with E-state index in [9.17, 15) is 0 Å². The molecule has 3 N–H and O–H groups in total. The highest BCUT2D eigenvalue weighted by atomic mass is 35.5. The molecule has 0 unspecified atom stereocenters. The first kappa shape index (κ1) is 16.8. The van der Waals surface area contributed by atoms with Crippen LogP contribution in [0, 0.1) is 0 Å². The first-order chi connectivity index (χ1) is 10.7. The van der Waals surface area contributed by atoms with Gasteiger partial charge in [-0.15, -0.1) is 0 Å². The number of methoxy groups -OCH3 is 1. The first-order valence-corrected chi connectivity index (χ1v) is 7.57. The number of nitrogens with one attached hydrogen (secondary N) is 2. The fraction of sp³-hybridized carbons (Fsp3) is 0.375. The predicted octanol–water partition coefficient (Wildman–Crippen LogP) is 2.28. The Bertz CT molecular complexity index is 587. The molecule has 5 nitrogen and oxygen atoms in total. The lowest BCUT2D eigenvalue weighted by Crippen LogP contribution is -2.28. The summed E-state index contributed by atoms with van der Waals surface area (Å²) in [4.78, 5) is 0. The predicted molar refractivity (Wildman–Crippen MR) is 87.4 cm³/mol. The Morgan fingerprint density at radius 1 is 1.14 bits per heavy atom. The molecular weight excluding hydrogens is 304 g/mol. The average Bonchev–Trinajstić information content (AvgIpc) is 2.99. The van der Waals surface area contributed by atoms with Gasteiger partial charge >= 0.3 is 0 Å². The van der Waals surface area contributed by atoms with Crippen LogP contribution in [0.1, 0.15) is 5.76 Å². The summed E-state index contributed by atoms with van der Waals surface area (Å²) in [5.41, 5.74) is 0.918. The van der Waals surface area contributed by atoms with E-state index in [1.165, 1.54) is 0 Å².